The monoisotopic (exact) mass is 296 g/mol. The molecule has 0 bridgehead atoms. The second kappa shape index (κ2) is 6.85. The number of benzene rings is 1. The summed E-state index contributed by atoms with van der Waals surface area (Å²) in [4.78, 5) is 12.1. The smallest absolute Gasteiger partial charge is 0.239 e. The quantitative estimate of drug-likeness (QED) is 0.807. The lowest BCUT2D eigenvalue weighted by molar-refractivity contribution is -0.115. The van der Waals surface area contributed by atoms with E-state index in [0.29, 0.717) is 17.1 Å². The van der Waals surface area contributed by atoms with Crippen LogP contribution in [0.25, 0.3) is 0 Å². The number of ether oxygens (including phenoxy) is 1. The molecule has 1 aromatic rings. The molecule has 2 rings (SSSR count). The van der Waals surface area contributed by atoms with Crippen molar-refractivity contribution in [3.63, 3.8) is 0 Å². The van der Waals surface area contributed by atoms with Gasteiger partial charge < -0.3 is 15.8 Å². The summed E-state index contributed by atoms with van der Waals surface area (Å²) in [6.07, 6.45) is 1.96. The highest BCUT2D eigenvalue weighted by molar-refractivity contribution is 7.86. The molecule has 0 aromatic heterocycles. The summed E-state index contributed by atoms with van der Waals surface area (Å²) < 4.78 is 17.6. The molecular formula is C14H20N2O3S. The largest absolute Gasteiger partial charge is 0.399 e. The van der Waals surface area contributed by atoms with Crippen molar-refractivity contribution in [1.29, 1.82) is 0 Å². The average molecular weight is 296 g/mol. The van der Waals surface area contributed by atoms with Crippen LogP contribution in [0.3, 0.4) is 0 Å². The summed E-state index contributed by atoms with van der Waals surface area (Å²) in [5.74, 6) is 0.165. The van der Waals surface area contributed by atoms with Crippen LogP contribution in [0.15, 0.2) is 24.3 Å². The molecule has 0 spiro atoms. The van der Waals surface area contributed by atoms with Gasteiger partial charge >= 0.3 is 0 Å². The molecule has 1 fully saturated rings. The Labute approximate surface area is 121 Å². The Morgan fingerprint density at radius 1 is 1.60 bits per heavy atom. The second-order valence-electron chi connectivity index (χ2n) is 4.94. The van der Waals surface area contributed by atoms with Crippen LogP contribution in [0.4, 0.5) is 11.4 Å². The van der Waals surface area contributed by atoms with Gasteiger partial charge in [-0.15, -0.1) is 0 Å². The van der Waals surface area contributed by atoms with E-state index < -0.39 is 16.0 Å². The highest BCUT2D eigenvalue weighted by Crippen LogP contribution is 2.16. The van der Waals surface area contributed by atoms with E-state index in [1.165, 1.54) is 0 Å². The van der Waals surface area contributed by atoms with Gasteiger partial charge in [0, 0.05) is 28.8 Å². The summed E-state index contributed by atoms with van der Waals surface area (Å²) in [6, 6.07) is 6.94. The molecule has 0 radical (unpaired) electrons. The number of nitrogens with one attached hydrogen (secondary N) is 1. The predicted molar refractivity (Wildman–Crippen MR) is 80.9 cm³/mol. The Bertz CT molecular complexity index is 501. The number of nitrogen functional groups attached to an aromatic ring is 1. The van der Waals surface area contributed by atoms with E-state index >= 15 is 0 Å². The fourth-order valence-corrected chi connectivity index (χ4v) is 3.30. The van der Waals surface area contributed by atoms with Gasteiger partial charge in [0.15, 0.2) is 0 Å². The Morgan fingerprint density at radius 3 is 3.05 bits per heavy atom. The molecule has 3 unspecified atom stereocenters. The molecule has 1 aliphatic heterocycles. The van der Waals surface area contributed by atoms with Gasteiger partial charge in [0.1, 0.15) is 5.25 Å². The summed E-state index contributed by atoms with van der Waals surface area (Å²) in [7, 11) is -1.23. The SMILES string of the molecule is CC(C(=O)Nc1cccc(N)c1)S(=O)CC1CCCO1. The number of anilines is 2. The van der Waals surface area contributed by atoms with E-state index in [9.17, 15) is 9.00 Å². The predicted octanol–water partition coefficient (Wildman–Crippen LogP) is 1.52. The van der Waals surface area contributed by atoms with E-state index in [1.54, 1.807) is 31.2 Å². The van der Waals surface area contributed by atoms with Crippen LogP contribution in [0.2, 0.25) is 0 Å². The third kappa shape index (κ3) is 4.05. The fourth-order valence-electron chi connectivity index (χ4n) is 2.08. The van der Waals surface area contributed by atoms with Crippen LogP contribution in [0.5, 0.6) is 0 Å². The minimum atomic E-state index is -1.23. The molecule has 6 heteroatoms. The van der Waals surface area contributed by atoms with Gasteiger partial charge in [-0.1, -0.05) is 6.07 Å². The van der Waals surface area contributed by atoms with E-state index in [-0.39, 0.29) is 12.0 Å². The topological polar surface area (TPSA) is 81.4 Å². The third-order valence-corrected chi connectivity index (χ3v) is 4.99. The first kappa shape index (κ1) is 15.0. The van der Waals surface area contributed by atoms with Crippen molar-refractivity contribution in [3.8, 4) is 0 Å². The lowest BCUT2D eigenvalue weighted by Gasteiger charge is -2.15. The minimum Gasteiger partial charge on any atom is -0.399 e. The van der Waals surface area contributed by atoms with Gasteiger partial charge in [0.2, 0.25) is 5.91 Å². The molecule has 1 aliphatic rings. The van der Waals surface area contributed by atoms with Crippen LogP contribution in [-0.4, -0.2) is 33.8 Å². The molecular weight excluding hydrogens is 276 g/mol. The van der Waals surface area contributed by atoms with Crippen LogP contribution in [0, 0.1) is 0 Å². The van der Waals surface area contributed by atoms with Crippen molar-refractivity contribution in [3.05, 3.63) is 24.3 Å². The van der Waals surface area contributed by atoms with Crippen LogP contribution >= 0.6 is 0 Å². The summed E-state index contributed by atoms with van der Waals surface area (Å²) in [5, 5.41) is 2.17. The van der Waals surface area contributed by atoms with Crippen LogP contribution in [-0.2, 0) is 20.3 Å². The molecule has 1 heterocycles. The summed E-state index contributed by atoms with van der Waals surface area (Å²) >= 11 is 0. The molecule has 5 nitrogen and oxygen atoms in total. The highest BCUT2D eigenvalue weighted by Gasteiger charge is 2.25. The van der Waals surface area contributed by atoms with Gasteiger partial charge in [-0.3, -0.25) is 9.00 Å². The molecule has 1 saturated heterocycles. The number of carbonyl (C=O) groups excluding carboxylic acids is 1. The van der Waals surface area contributed by atoms with Crippen molar-refractivity contribution < 1.29 is 13.7 Å². The number of rotatable bonds is 5. The van der Waals surface area contributed by atoms with Crippen LogP contribution in [0.1, 0.15) is 19.8 Å². The number of carbonyl (C=O) groups is 1. The zero-order chi connectivity index (χ0) is 14.5. The molecule has 20 heavy (non-hydrogen) atoms. The maximum atomic E-state index is 12.1. The van der Waals surface area contributed by atoms with Gasteiger partial charge in [-0.25, -0.2) is 0 Å². The molecule has 0 saturated carbocycles. The lowest BCUT2D eigenvalue weighted by atomic mass is 10.3. The molecule has 3 atom stereocenters. The lowest BCUT2D eigenvalue weighted by Crippen LogP contribution is -2.33. The Balaban J connectivity index is 1.89. The fraction of sp³-hybridized carbons (Fsp3) is 0.500. The van der Waals surface area contributed by atoms with E-state index in [1.807, 2.05) is 0 Å². The number of amides is 1. The first-order chi connectivity index (χ1) is 9.56. The first-order valence-electron chi connectivity index (χ1n) is 6.71. The van der Waals surface area contributed by atoms with Crippen molar-refractivity contribution in [1.82, 2.24) is 0 Å². The zero-order valence-corrected chi connectivity index (χ0v) is 12.3. The van der Waals surface area contributed by atoms with Crippen molar-refractivity contribution >= 4 is 28.1 Å². The standard InChI is InChI=1S/C14H20N2O3S/c1-10(20(18)9-13-6-3-7-19-13)14(17)16-12-5-2-4-11(15)8-12/h2,4-5,8,10,13H,3,6-7,9,15H2,1H3,(H,16,17). The molecule has 3 N–H and O–H groups in total. The number of nitrogens with two attached hydrogens (primary N) is 1. The Kier molecular flexibility index (Phi) is 5.14. The zero-order valence-electron chi connectivity index (χ0n) is 11.5. The third-order valence-electron chi connectivity index (χ3n) is 3.29. The molecule has 1 amide bonds. The van der Waals surface area contributed by atoms with Gasteiger partial charge in [-0.2, -0.15) is 0 Å². The van der Waals surface area contributed by atoms with Gasteiger partial charge in [0.05, 0.1) is 11.9 Å². The van der Waals surface area contributed by atoms with E-state index in [4.69, 9.17) is 10.5 Å². The summed E-state index contributed by atoms with van der Waals surface area (Å²) in [6.45, 7) is 2.40. The number of hydrogen-bond acceptors (Lipinski definition) is 4. The van der Waals surface area contributed by atoms with Crippen molar-refractivity contribution in [2.45, 2.75) is 31.1 Å². The van der Waals surface area contributed by atoms with E-state index in [2.05, 4.69) is 5.32 Å². The maximum absolute atomic E-state index is 12.1. The van der Waals surface area contributed by atoms with Gasteiger partial charge in [-0.05, 0) is 38.0 Å². The molecule has 110 valence electrons. The molecule has 1 aromatic carbocycles. The average Bonchev–Trinajstić information content (AvgIpc) is 2.90. The van der Waals surface area contributed by atoms with E-state index in [0.717, 1.165) is 19.4 Å². The Morgan fingerprint density at radius 2 is 2.40 bits per heavy atom. The van der Waals surface area contributed by atoms with Gasteiger partial charge in [0.25, 0.3) is 0 Å². The van der Waals surface area contributed by atoms with Crippen molar-refractivity contribution in [2.75, 3.05) is 23.4 Å². The second-order valence-corrected chi connectivity index (χ2v) is 6.74. The summed E-state index contributed by atoms with van der Waals surface area (Å²) in [5.41, 5.74) is 6.85. The highest BCUT2D eigenvalue weighted by atomic mass is 32.2. The van der Waals surface area contributed by atoms with Crippen LogP contribution < -0.4 is 11.1 Å². The molecule has 0 aliphatic carbocycles. The normalized spacial score (nSPS) is 21.4. The Hall–Kier alpha value is -1.40. The number of hydrogen-bond donors (Lipinski definition) is 2. The maximum Gasteiger partial charge on any atom is 0.239 e. The van der Waals surface area contributed by atoms with Crippen molar-refractivity contribution in [2.24, 2.45) is 0 Å². The first-order valence-corrected chi connectivity index (χ1v) is 8.09. The minimum absolute atomic E-state index is 0.0263.